The quantitative estimate of drug-likeness (QED) is 0.135. The van der Waals surface area contributed by atoms with Gasteiger partial charge in [-0.05, 0) is 73.3 Å². The van der Waals surface area contributed by atoms with Crippen molar-refractivity contribution in [3.8, 4) is 5.75 Å². The molecule has 1 atom stereocenters. The standard InChI is InChI=1S/C32H34N4O8S/c1-45(40,41)26-16-12-24(13-17-26)28(37)21-42-25-14-10-22(11-15-25)19-29-35-31(36-44-29)30(38)27(9-5-6-18-33)34-32(39)43-20-23-7-3-2-4-8-23/h2-4,7-8,10-17,27H,5-6,9,18-21,33H2,1H3,(H,34,39). The molecule has 13 heteroatoms. The van der Waals surface area contributed by atoms with Crippen molar-refractivity contribution in [1.82, 2.24) is 15.5 Å². The number of unbranched alkanes of at least 4 members (excludes halogenated alkanes) is 1. The first-order valence-corrected chi connectivity index (χ1v) is 16.1. The molecular formula is C32H34N4O8S. The van der Waals surface area contributed by atoms with E-state index in [4.69, 9.17) is 19.7 Å². The normalized spacial score (nSPS) is 11.9. The first-order valence-electron chi connectivity index (χ1n) is 14.2. The number of carbonyl (C=O) groups excluding carboxylic acids is 3. The summed E-state index contributed by atoms with van der Waals surface area (Å²) >= 11 is 0. The second-order valence-electron chi connectivity index (χ2n) is 10.2. The molecule has 1 amide bonds. The summed E-state index contributed by atoms with van der Waals surface area (Å²) in [6.45, 7) is 0.282. The van der Waals surface area contributed by atoms with E-state index in [-0.39, 0.29) is 42.0 Å². The molecule has 1 aromatic heterocycles. The van der Waals surface area contributed by atoms with Crippen molar-refractivity contribution in [3.63, 3.8) is 0 Å². The van der Waals surface area contributed by atoms with Crippen LogP contribution in [0.25, 0.3) is 0 Å². The van der Waals surface area contributed by atoms with Gasteiger partial charge >= 0.3 is 6.09 Å². The molecule has 0 aliphatic heterocycles. The Kier molecular flexibility index (Phi) is 11.5. The van der Waals surface area contributed by atoms with Gasteiger partial charge in [0.05, 0.1) is 17.4 Å². The number of aromatic nitrogens is 2. The van der Waals surface area contributed by atoms with E-state index >= 15 is 0 Å². The smallest absolute Gasteiger partial charge is 0.408 e. The van der Waals surface area contributed by atoms with Crippen LogP contribution in [0.1, 0.15) is 57.3 Å². The number of Topliss-reactive ketones (excluding diaryl/α,β-unsaturated/α-hetero) is 2. The molecule has 0 saturated carbocycles. The number of alkyl carbamates (subject to hydrolysis) is 1. The van der Waals surface area contributed by atoms with Crippen LogP contribution in [0, 0.1) is 0 Å². The van der Waals surface area contributed by atoms with Crippen molar-refractivity contribution in [2.24, 2.45) is 5.73 Å². The topological polar surface area (TPSA) is 181 Å². The number of amides is 1. The van der Waals surface area contributed by atoms with Crippen LogP contribution in [-0.2, 0) is 27.6 Å². The van der Waals surface area contributed by atoms with E-state index in [0.717, 1.165) is 17.4 Å². The predicted octanol–water partition coefficient (Wildman–Crippen LogP) is 3.93. The van der Waals surface area contributed by atoms with E-state index in [1.165, 1.54) is 24.3 Å². The van der Waals surface area contributed by atoms with Crippen molar-refractivity contribution in [2.45, 2.75) is 43.2 Å². The maximum absolute atomic E-state index is 13.2. The predicted molar refractivity (Wildman–Crippen MR) is 164 cm³/mol. The van der Waals surface area contributed by atoms with E-state index in [9.17, 15) is 22.8 Å². The van der Waals surface area contributed by atoms with Gasteiger partial charge in [0.15, 0.2) is 22.2 Å². The van der Waals surface area contributed by atoms with Crippen molar-refractivity contribution in [2.75, 3.05) is 19.4 Å². The van der Waals surface area contributed by atoms with Gasteiger partial charge in [0.25, 0.3) is 0 Å². The van der Waals surface area contributed by atoms with Gasteiger partial charge in [-0.15, -0.1) is 0 Å². The Morgan fingerprint density at radius 2 is 1.64 bits per heavy atom. The zero-order chi connectivity index (χ0) is 32.2. The van der Waals surface area contributed by atoms with Gasteiger partial charge < -0.3 is 25.0 Å². The third-order valence-electron chi connectivity index (χ3n) is 6.71. The van der Waals surface area contributed by atoms with Crippen LogP contribution in [0.15, 0.2) is 88.3 Å². The van der Waals surface area contributed by atoms with Gasteiger partial charge in [-0.25, -0.2) is 13.2 Å². The highest BCUT2D eigenvalue weighted by Crippen LogP contribution is 2.17. The lowest BCUT2D eigenvalue weighted by Crippen LogP contribution is -2.41. The number of ketones is 2. The maximum atomic E-state index is 13.2. The Hall–Kier alpha value is -4.88. The minimum atomic E-state index is -3.35. The first kappa shape index (κ1) is 33.0. The van der Waals surface area contributed by atoms with Crippen LogP contribution in [0.2, 0.25) is 0 Å². The molecule has 3 N–H and O–H groups in total. The summed E-state index contributed by atoms with van der Waals surface area (Å²) in [6.07, 6.45) is 2.21. The summed E-state index contributed by atoms with van der Waals surface area (Å²) in [5.74, 6) is -0.312. The highest BCUT2D eigenvalue weighted by Gasteiger charge is 2.27. The van der Waals surface area contributed by atoms with Gasteiger partial charge in [0.2, 0.25) is 17.5 Å². The summed E-state index contributed by atoms with van der Waals surface area (Å²) in [7, 11) is -3.35. The van der Waals surface area contributed by atoms with Crippen LogP contribution in [0.3, 0.4) is 0 Å². The van der Waals surface area contributed by atoms with Crippen molar-refractivity contribution < 1.29 is 36.8 Å². The number of nitrogens with two attached hydrogens (primary N) is 1. The lowest BCUT2D eigenvalue weighted by atomic mass is 10.0. The number of benzene rings is 3. The van der Waals surface area contributed by atoms with E-state index in [0.29, 0.717) is 37.1 Å². The third kappa shape index (κ3) is 10.1. The molecule has 236 valence electrons. The monoisotopic (exact) mass is 634 g/mol. The molecule has 0 bridgehead atoms. The van der Waals surface area contributed by atoms with Crippen LogP contribution >= 0.6 is 0 Å². The number of rotatable bonds is 16. The van der Waals surface area contributed by atoms with Gasteiger partial charge in [-0.2, -0.15) is 4.98 Å². The largest absolute Gasteiger partial charge is 0.485 e. The summed E-state index contributed by atoms with van der Waals surface area (Å²) in [4.78, 5) is 42.5. The molecule has 4 aromatic rings. The minimum Gasteiger partial charge on any atom is -0.485 e. The molecule has 0 fully saturated rings. The average molecular weight is 635 g/mol. The molecule has 3 aromatic carbocycles. The van der Waals surface area contributed by atoms with E-state index in [1.807, 2.05) is 30.3 Å². The number of hydrogen-bond acceptors (Lipinski definition) is 11. The molecule has 1 heterocycles. The lowest BCUT2D eigenvalue weighted by Gasteiger charge is -2.16. The second kappa shape index (κ2) is 15.7. The lowest BCUT2D eigenvalue weighted by molar-refractivity contribution is 0.0895. The zero-order valence-electron chi connectivity index (χ0n) is 24.7. The SMILES string of the molecule is CS(=O)(=O)c1ccc(C(=O)COc2ccc(Cc3nc(C(=O)C(CCCCN)NC(=O)OCc4ccccc4)no3)cc2)cc1. The highest BCUT2D eigenvalue weighted by atomic mass is 32.2. The molecule has 12 nitrogen and oxygen atoms in total. The molecule has 0 saturated heterocycles. The number of nitrogens with zero attached hydrogens (tertiary/aromatic N) is 2. The molecule has 0 spiro atoms. The van der Waals surface area contributed by atoms with E-state index in [2.05, 4.69) is 15.5 Å². The summed E-state index contributed by atoms with van der Waals surface area (Å²) in [5, 5.41) is 6.44. The fourth-order valence-corrected chi connectivity index (χ4v) is 4.88. The summed E-state index contributed by atoms with van der Waals surface area (Å²) in [5.41, 5.74) is 7.53. The molecule has 45 heavy (non-hydrogen) atoms. The number of hydrogen-bond donors (Lipinski definition) is 2. The fraction of sp³-hybridized carbons (Fsp3) is 0.281. The Balaban J connectivity index is 1.30. The number of sulfone groups is 1. The van der Waals surface area contributed by atoms with Crippen LogP contribution < -0.4 is 15.8 Å². The van der Waals surface area contributed by atoms with Crippen molar-refractivity contribution in [1.29, 1.82) is 0 Å². The van der Waals surface area contributed by atoms with Gasteiger partial charge in [0, 0.05) is 11.8 Å². The first-order chi connectivity index (χ1) is 21.6. The van der Waals surface area contributed by atoms with Gasteiger partial charge in [0.1, 0.15) is 12.4 Å². The van der Waals surface area contributed by atoms with E-state index in [1.54, 1.807) is 24.3 Å². The van der Waals surface area contributed by atoms with Gasteiger partial charge in [-0.3, -0.25) is 9.59 Å². The summed E-state index contributed by atoms with van der Waals surface area (Å²) in [6, 6.07) is 20.8. The van der Waals surface area contributed by atoms with Crippen LogP contribution in [0.5, 0.6) is 5.75 Å². The molecule has 0 aliphatic carbocycles. The average Bonchev–Trinajstić information content (AvgIpc) is 3.51. The number of nitrogens with one attached hydrogen (secondary N) is 1. The second-order valence-corrected chi connectivity index (χ2v) is 12.3. The Labute approximate surface area is 260 Å². The van der Waals surface area contributed by atoms with E-state index < -0.39 is 27.8 Å². The zero-order valence-corrected chi connectivity index (χ0v) is 25.5. The maximum Gasteiger partial charge on any atom is 0.408 e. The van der Waals surface area contributed by atoms with Crippen LogP contribution in [-0.4, -0.2) is 61.7 Å². The Morgan fingerprint density at radius 3 is 2.31 bits per heavy atom. The fourth-order valence-electron chi connectivity index (χ4n) is 4.25. The molecular weight excluding hydrogens is 600 g/mol. The molecule has 1 unspecified atom stereocenters. The van der Waals surface area contributed by atoms with Gasteiger partial charge in [-0.1, -0.05) is 47.6 Å². The summed E-state index contributed by atoms with van der Waals surface area (Å²) < 4.78 is 39.4. The Bertz CT molecular complexity index is 1690. The van der Waals surface area contributed by atoms with Crippen molar-refractivity contribution in [3.05, 3.63) is 107 Å². The third-order valence-corrected chi connectivity index (χ3v) is 7.84. The minimum absolute atomic E-state index is 0.0595. The highest BCUT2D eigenvalue weighted by molar-refractivity contribution is 7.90. The Morgan fingerprint density at radius 1 is 0.933 bits per heavy atom. The number of ether oxygens (including phenoxy) is 2. The number of carbonyl (C=O) groups is 3. The van der Waals surface area contributed by atoms with Crippen molar-refractivity contribution >= 4 is 27.5 Å². The molecule has 4 rings (SSSR count). The molecule has 0 aliphatic rings. The molecule has 0 radical (unpaired) electrons. The van der Waals surface area contributed by atoms with Crippen LogP contribution in [0.4, 0.5) is 4.79 Å².